The van der Waals surface area contributed by atoms with E-state index in [0.29, 0.717) is 44.6 Å². The number of aliphatic hydroxyl groups is 1. The fourth-order valence-electron chi connectivity index (χ4n) is 6.56. The van der Waals surface area contributed by atoms with Gasteiger partial charge in [0.2, 0.25) is 11.8 Å². The molecule has 0 aromatic heterocycles. The number of likely N-dealkylation sites (tertiary alicyclic amines) is 1. The molecular weight excluding hydrogens is 528 g/mol. The van der Waals surface area contributed by atoms with E-state index in [1.807, 2.05) is 54.6 Å². The monoisotopic (exact) mass is 568 g/mol. The summed E-state index contributed by atoms with van der Waals surface area (Å²) in [4.78, 5) is 43.8. The molecule has 216 valence electrons. The van der Waals surface area contributed by atoms with Crippen LogP contribution in [0.4, 0.5) is 0 Å². The van der Waals surface area contributed by atoms with Crippen molar-refractivity contribution >= 4 is 30.1 Å². The van der Waals surface area contributed by atoms with Crippen molar-refractivity contribution in [1.82, 2.24) is 20.4 Å². The molecule has 3 amide bonds. The topological polar surface area (TPSA) is 102 Å². The number of amides is 3. The number of halogens is 1. The van der Waals surface area contributed by atoms with E-state index in [1.165, 1.54) is 0 Å². The molecule has 2 aliphatic heterocycles. The minimum atomic E-state index is -0.935. The average molecular weight is 569 g/mol. The molecule has 8 nitrogen and oxygen atoms in total. The number of hydrogen-bond acceptors (Lipinski definition) is 5. The Morgan fingerprint density at radius 3 is 2.23 bits per heavy atom. The third kappa shape index (κ3) is 6.19. The summed E-state index contributed by atoms with van der Waals surface area (Å²) in [5.74, 6) is -0.389. The maximum absolute atomic E-state index is 14.0. The first-order valence-electron chi connectivity index (χ1n) is 14.3. The molecule has 0 bridgehead atoms. The van der Waals surface area contributed by atoms with Gasteiger partial charge in [0.05, 0.1) is 6.10 Å². The number of benzene rings is 2. The summed E-state index contributed by atoms with van der Waals surface area (Å²) in [6.07, 6.45) is 5.24. The first-order chi connectivity index (χ1) is 18.9. The van der Waals surface area contributed by atoms with Crippen molar-refractivity contribution in [1.29, 1.82) is 0 Å². The Morgan fingerprint density at radius 1 is 0.975 bits per heavy atom. The molecule has 3 fully saturated rings. The van der Waals surface area contributed by atoms with Crippen LogP contribution in [0.2, 0.25) is 0 Å². The first kappa shape index (κ1) is 30.0. The van der Waals surface area contributed by atoms with Crippen LogP contribution in [0.25, 0.3) is 0 Å². The molecule has 2 aromatic carbocycles. The Labute approximate surface area is 242 Å². The number of carbonyl (C=O) groups excluding carboxylic acids is 3. The Bertz CT molecular complexity index is 1160. The molecule has 2 heterocycles. The van der Waals surface area contributed by atoms with Gasteiger partial charge in [0.1, 0.15) is 11.6 Å². The highest BCUT2D eigenvalue weighted by Gasteiger charge is 2.55. The molecule has 3 N–H and O–H groups in total. The molecule has 2 atom stereocenters. The van der Waals surface area contributed by atoms with Crippen molar-refractivity contribution in [2.45, 2.75) is 75.7 Å². The Hall–Kier alpha value is -2.94. The summed E-state index contributed by atoms with van der Waals surface area (Å²) in [5, 5.41) is 16.9. The fourth-order valence-corrected chi connectivity index (χ4v) is 6.56. The summed E-state index contributed by atoms with van der Waals surface area (Å²) in [6.45, 7) is 2.39. The molecule has 0 radical (unpaired) electrons. The van der Waals surface area contributed by atoms with Gasteiger partial charge in [0, 0.05) is 38.8 Å². The first-order valence-corrected chi connectivity index (χ1v) is 14.3. The van der Waals surface area contributed by atoms with E-state index in [-0.39, 0.29) is 36.0 Å². The number of nitrogens with zero attached hydrogens (tertiary/aromatic N) is 2. The van der Waals surface area contributed by atoms with E-state index in [1.54, 1.807) is 11.9 Å². The summed E-state index contributed by atoms with van der Waals surface area (Å²) in [7, 11) is 1.62. The largest absolute Gasteiger partial charge is 0.390 e. The normalized spacial score (nSPS) is 22.4. The van der Waals surface area contributed by atoms with E-state index >= 15 is 0 Å². The number of carbonyl (C=O) groups is 3. The van der Waals surface area contributed by atoms with Crippen LogP contribution in [0.15, 0.2) is 54.6 Å². The van der Waals surface area contributed by atoms with Gasteiger partial charge >= 0.3 is 0 Å². The van der Waals surface area contributed by atoms with E-state index in [4.69, 9.17) is 0 Å². The molecule has 1 aliphatic carbocycles. The third-order valence-corrected chi connectivity index (χ3v) is 8.95. The predicted molar refractivity (Wildman–Crippen MR) is 156 cm³/mol. The molecule has 5 rings (SSSR count). The van der Waals surface area contributed by atoms with E-state index in [2.05, 4.69) is 15.5 Å². The van der Waals surface area contributed by atoms with Gasteiger partial charge < -0.3 is 20.6 Å². The SMILES string of the molecule is CNC(=O)c1ccc(CN2CCC3(CC2)C(=O)N[C@H]([C@H](O)C2CCCCC2)C(=O)N3Cc2ccccc2)cc1.Cl. The summed E-state index contributed by atoms with van der Waals surface area (Å²) in [5.41, 5.74) is 1.76. The van der Waals surface area contributed by atoms with Crippen LogP contribution in [0.1, 0.15) is 66.4 Å². The minimum absolute atomic E-state index is 0. The number of piperidine rings is 1. The Balaban J connectivity index is 0.00000370. The highest BCUT2D eigenvalue weighted by molar-refractivity contribution is 6.00. The van der Waals surface area contributed by atoms with Crippen LogP contribution in [0, 0.1) is 5.92 Å². The number of hydrogen-bond donors (Lipinski definition) is 3. The number of nitrogens with one attached hydrogen (secondary N) is 2. The lowest BCUT2D eigenvalue weighted by atomic mass is 9.77. The van der Waals surface area contributed by atoms with Gasteiger partial charge in [0.25, 0.3) is 5.91 Å². The van der Waals surface area contributed by atoms with Crippen molar-refractivity contribution in [2.75, 3.05) is 20.1 Å². The van der Waals surface area contributed by atoms with Gasteiger partial charge in [-0.05, 0) is 54.9 Å². The van der Waals surface area contributed by atoms with Crippen LogP contribution in [0.5, 0.6) is 0 Å². The summed E-state index contributed by atoms with van der Waals surface area (Å²) in [6, 6.07) is 16.5. The quantitative estimate of drug-likeness (QED) is 0.476. The zero-order valence-corrected chi connectivity index (χ0v) is 24.0. The smallest absolute Gasteiger partial charge is 0.251 e. The lowest BCUT2D eigenvalue weighted by Crippen LogP contribution is -2.74. The summed E-state index contributed by atoms with van der Waals surface area (Å²) < 4.78 is 0. The van der Waals surface area contributed by atoms with Crippen LogP contribution < -0.4 is 10.6 Å². The second kappa shape index (κ2) is 13.1. The second-order valence-corrected chi connectivity index (χ2v) is 11.3. The molecule has 3 aliphatic rings. The second-order valence-electron chi connectivity index (χ2n) is 11.3. The standard InChI is InChI=1S/C31H40N4O4.ClH/c1-32-28(37)25-14-12-23(13-15-25)20-34-18-16-31(17-19-34)30(39)33-26(27(36)24-10-6-3-7-11-24)29(38)35(31)21-22-8-4-2-5-9-22;/h2,4-5,8-9,12-15,24,26-27,36H,3,6-7,10-11,16-21H2,1H3,(H,32,37)(H,33,39);1H/t26-,27-;/m1./s1. The number of rotatable bonds is 7. The number of aliphatic hydroxyl groups excluding tert-OH is 1. The molecular formula is C31H41ClN4O4. The number of piperazine rings is 1. The molecule has 0 unspecified atom stereocenters. The molecule has 2 saturated heterocycles. The molecule has 40 heavy (non-hydrogen) atoms. The lowest BCUT2D eigenvalue weighted by Gasteiger charge is -2.52. The van der Waals surface area contributed by atoms with Gasteiger partial charge in [-0.1, -0.05) is 61.7 Å². The Kier molecular flexibility index (Phi) is 9.87. The fraction of sp³-hybridized carbons (Fsp3) is 0.516. The van der Waals surface area contributed by atoms with Crippen LogP contribution in [-0.2, 0) is 22.7 Å². The average Bonchev–Trinajstić information content (AvgIpc) is 2.99. The van der Waals surface area contributed by atoms with Gasteiger partial charge in [-0.2, -0.15) is 0 Å². The highest BCUT2D eigenvalue weighted by Crippen LogP contribution is 2.37. The van der Waals surface area contributed by atoms with Crippen molar-refractivity contribution in [3.63, 3.8) is 0 Å². The minimum Gasteiger partial charge on any atom is -0.390 e. The van der Waals surface area contributed by atoms with Crippen molar-refractivity contribution in [3.8, 4) is 0 Å². The van der Waals surface area contributed by atoms with E-state index in [0.717, 1.165) is 43.2 Å². The third-order valence-electron chi connectivity index (χ3n) is 8.95. The molecule has 1 saturated carbocycles. The van der Waals surface area contributed by atoms with Gasteiger partial charge in [0.15, 0.2) is 0 Å². The molecule has 2 aromatic rings. The lowest BCUT2D eigenvalue weighted by molar-refractivity contribution is -0.167. The van der Waals surface area contributed by atoms with Crippen LogP contribution in [-0.4, -0.2) is 70.4 Å². The zero-order valence-electron chi connectivity index (χ0n) is 23.2. The van der Waals surface area contributed by atoms with Crippen molar-refractivity contribution < 1.29 is 19.5 Å². The van der Waals surface area contributed by atoms with Gasteiger partial charge in [-0.15, -0.1) is 12.4 Å². The van der Waals surface area contributed by atoms with Crippen molar-refractivity contribution in [3.05, 3.63) is 71.3 Å². The Morgan fingerprint density at radius 2 is 1.60 bits per heavy atom. The zero-order chi connectivity index (χ0) is 27.4. The van der Waals surface area contributed by atoms with E-state index in [9.17, 15) is 19.5 Å². The van der Waals surface area contributed by atoms with Gasteiger partial charge in [-0.3, -0.25) is 19.3 Å². The van der Waals surface area contributed by atoms with E-state index < -0.39 is 17.7 Å². The molecule has 1 spiro atoms. The maximum Gasteiger partial charge on any atom is 0.251 e. The van der Waals surface area contributed by atoms with Gasteiger partial charge in [-0.25, -0.2) is 0 Å². The van der Waals surface area contributed by atoms with Crippen LogP contribution in [0.3, 0.4) is 0 Å². The molecule has 9 heteroatoms. The van der Waals surface area contributed by atoms with Crippen LogP contribution >= 0.6 is 12.4 Å². The predicted octanol–water partition coefficient (Wildman–Crippen LogP) is 3.27. The van der Waals surface area contributed by atoms with Crippen molar-refractivity contribution in [2.24, 2.45) is 5.92 Å². The highest BCUT2D eigenvalue weighted by atomic mass is 35.5. The summed E-state index contributed by atoms with van der Waals surface area (Å²) >= 11 is 0. The maximum atomic E-state index is 14.0.